The number of rotatable bonds is 18. The minimum Gasteiger partial charge on any atom is -0.155 e. The third-order valence-electron chi connectivity index (χ3n) is 7.31. The number of hydrogen-bond donors (Lipinski definition) is 0. The number of unbranched alkanes of at least 4 members (excludes halogenated alkanes) is 12. The molecule has 0 saturated heterocycles. The lowest BCUT2D eigenvalue weighted by Crippen LogP contribution is -2.07. The van der Waals surface area contributed by atoms with Crippen LogP contribution in [0.1, 0.15) is 115 Å². The summed E-state index contributed by atoms with van der Waals surface area (Å²) in [4.78, 5) is 0. The van der Waals surface area contributed by atoms with E-state index < -0.39 is 0 Å². The highest BCUT2D eigenvalue weighted by atomic mass is 15.1. The number of nitrogens with zero attached hydrogens (tertiary/aromatic N) is 2. The van der Waals surface area contributed by atoms with E-state index in [-0.39, 0.29) is 0 Å². The third kappa shape index (κ3) is 9.19. The van der Waals surface area contributed by atoms with Gasteiger partial charge in [-0.1, -0.05) is 152 Å². The van der Waals surface area contributed by atoms with Crippen LogP contribution in [-0.2, 0) is 12.8 Å². The molecule has 0 N–H and O–H groups in total. The topological polar surface area (TPSA) is 25.8 Å². The molecule has 0 aliphatic heterocycles. The van der Waals surface area contributed by atoms with Crippen LogP contribution in [0.2, 0.25) is 0 Å². The van der Waals surface area contributed by atoms with Gasteiger partial charge in [-0.05, 0) is 36.8 Å². The lowest BCUT2D eigenvalue weighted by molar-refractivity contribution is 0.579. The molecular weight excluding hydrogens is 436 g/mol. The van der Waals surface area contributed by atoms with Gasteiger partial charge < -0.3 is 0 Å². The maximum absolute atomic E-state index is 4.88. The molecule has 1 aromatic heterocycles. The quantitative estimate of drug-likeness (QED) is 0.168. The van der Waals surface area contributed by atoms with E-state index >= 15 is 0 Å². The summed E-state index contributed by atoms with van der Waals surface area (Å²) < 4.78 is 0. The minimum absolute atomic E-state index is 1.03. The van der Waals surface area contributed by atoms with Gasteiger partial charge in [0.15, 0.2) is 0 Å². The maximum Gasteiger partial charge on any atom is 0.101 e. The first-order valence-corrected chi connectivity index (χ1v) is 14.8. The normalized spacial score (nSPS) is 11.2. The van der Waals surface area contributed by atoms with E-state index in [2.05, 4.69) is 74.5 Å². The number of benzene rings is 2. The summed E-state index contributed by atoms with van der Waals surface area (Å²) in [6.45, 7) is 4.58. The molecule has 0 amide bonds. The predicted octanol–water partition coefficient (Wildman–Crippen LogP) is 10.4. The zero-order valence-corrected chi connectivity index (χ0v) is 23.0. The van der Waals surface area contributed by atoms with Gasteiger partial charge in [0.05, 0.1) is 5.69 Å². The Morgan fingerprint density at radius 2 is 0.944 bits per heavy atom. The van der Waals surface area contributed by atoms with E-state index in [0.717, 1.165) is 24.1 Å². The molecule has 0 saturated carbocycles. The van der Waals surface area contributed by atoms with Gasteiger partial charge >= 0.3 is 0 Å². The molecule has 36 heavy (non-hydrogen) atoms. The predicted molar refractivity (Wildman–Crippen MR) is 156 cm³/mol. The maximum atomic E-state index is 4.88. The highest BCUT2D eigenvalue weighted by Crippen LogP contribution is 2.35. The molecule has 0 radical (unpaired) electrons. The summed E-state index contributed by atoms with van der Waals surface area (Å²) in [7, 11) is 0. The summed E-state index contributed by atoms with van der Waals surface area (Å²) in [5.41, 5.74) is 7.43. The highest BCUT2D eigenvalue weighted by molar-refractivity contribution is 5.83. The van der Waals surface area contributed by atoms with E-state index in [1.807, 2.05) is 0 Å². The first-order valence-electron chi connectivity index (χ1n) is 14.8. The summed E-state index contributed by atoms with van der Waals surface area (Å²) in [6.07, 6.45) is 20.7. The second-order valence-corrected chi connectivity index (χ2v) is 10.3. The standard InChI is InChI=1S/C34H48N2/c1-3-5-7-9-11-13-21-27-31-32(28-22-14-12-10-8-6-4-2)35-36-34(30-25-19-16-20-26-30)33(31)29-23-17-15-18-24-29/h15-20,23-26H,3-14,21-22,27-28H2,1-2H3. The van der Waals surface area contributed by atoms with Crippen LogP contribution in [0.25, 0.3) is 22.4 Å². The van der Waals surface area contributed by atoms with Crippen LogP contribution in [-0.4, -0.2) is 10.2 Å². The van der Waals surface area contributed by atoms with Crippen LogP contribution in [0.5, 0.6) is 0 Å². The summed E-state index contributed by atoms with van der Waals surface area (Å²) >= 11 is 0. The van der Waals surface area contributed by atoms with Crippen molar-refractivity contribution in [1.29, 1.82) is 0 Å². The molecule has 2 aromatic carbocycles. The monoisotopic (exact) mass is 484 g/mol. The van der Waals surface area contributed by atoms with Crippen molar-refractivity contribution in [3.8, 4) is 22.4 Å². The van der Waals surface area contributed by atoms with Crippen molar-refractivity contribution in [3.05, 3.63) is 71.9 Å². The molecule has 0 atom stereocenters. The number of aromatic nitrogens is 2. The van der Waals surface area contributed by atoms with Crippen LogP contribution in [0.15, 0.2) is 60.7 Å². The van der Waals surface area contributed by atoms with Crippen LogP contribution in [0.4, 0.5) is 0 Å². The fourth-order valence-electron chi connectivity index (χ4n) is 5.20. The van der Waals surface area contributed by atoms with Gasteiger partial charge in [-0.25, -0.2) is 0 Å². The van der Waals surface area contributed by atoms with Crippen LogP contribution >= 0.6 is 0 Å². The Hall–Kier alpha value is -2.48. The fourth-order valence-corrected chi connectivity index (χ4v) is 5.20. The van der Waals surface area contributed by atoms with Gasteiger partial charge in [-0.2, -0.15) is 5.10 Å². The zero-order valence-electron chi connectivity index (χ0n) is 23.0. The van der Waals surface area contributed by atoms with Crippen LogP contribution in [0.3, 0.4) is 0 Å². The summed E-state index contributed by atoms with van der Waals surface area (Å²) in [5.74, 6) is 0. The SMILES string of the molecule is CCCCCCCCCc1nnc(-c2ccccc2)c(-c2ccccc2)c1CCCCCCCCC. The molecule has 0 aliphatic rings. The molecule has 0 spiro atoms. The lowest BCUT2D eigenvalue weighted by Gasteiger charge is -2.18. The zero-order chi connectivity index (χ0) is 25.3. The molecular formula is C34H48N2. The highest BCUT2D eigenvalue weighted by Gasteiger charge is 2.19. The minimum atomic E-state index is 1.03. The molecule has 0 aliphatic carbocycles. The van der Waals surface area contributed by atoms with Crippen molar-refractivity contribution in [3.63, 3.8) is 0 Å². The average Bonchev–Trinajstić information content (AvgIpc) is 2.93. The van der Waals surface area contributed by atoms with Crippen molar-refractivity contribution in [2.75, 3.05) is 0 Å². The van der Waals surface area contributed by atoms with Gasteiger partial charge in [0, 0.05) is 11.1 Å². The summed E-state index contributed by atoms with van der Waals surface area (Å²) in [6, 6.07) is 21.5. The van der Waals surface area contributed by atoms with Crippen LogP contribution < -0.4 is 0 Å². The molecule has 2 nitrogen and oxygen atoms in total. The van der Waals surface area contributed by atoms with Gasteiger partial charge in [-0.15, -0.1) is 5.10 Å². The van der Waals surface area contributed by atoms with E-state index in [9.17, 15) is 0 Å². The second-order valence-electron chi connectivity index (χ2n) is 10.3. The van der Waals surface area contributed by atoms with Crippen molar-refractivity contribution >= 4 is 0 Å². The Morgan fingerprint density at radius 3 is 1.50 bits per heavy atom. The Bertz CT molecular complexity index is 965. The first-order chi connectivity index (χ1) is 17.8. The van der Waals surface area contributed by atoms with Gasteiger partial charge in [0.25, 0.3) is 0 Å². The van der Waals surface area contributed by atoms with Crippen molar-refractivity contribution < 1.29 is 0 Å². The van der Waals surface area contributed by atoms with E-state index in [4.69, 9.17) is 10.2 Å². The van der Waals surface area contributed by atoms with Crippen molar-refractivity contribution in [2.45, 2.75) is 117 Å². The molecule has 3 aromatic rings. The smallest absolute Gasteiger partial charge is 0.101 e. The molecule has 2 heteroatoms. The third-order valence-corrected chi connectivity index (χ3v) is 7.31. The van der Waals surface area contributed by atoms with Gasteiger partial charge in [-0.3, -0.25) is 0 Å². The van der Waals surface area contributed by atoms with Gasteiger partial charge in [0.1, 0.15) is 5.69 Å². The molecule has 0 bridgehead atoms. The lowest BCUT2D eigenvalue weighted by atomic mass is 9.90. The van der Waals surface area contributed by atoms with E-state index in [1.165, 1.54) is 112 Å². The molecule has 0 unspecified atom stereocenters. The second kappa shape index (κ2) is 17.1. The molecule has 1 heterocycles. The van der Waals surface area contributed by atoms with E-state index in [1.54, 1.807) is 0 Å². The Morgan fingerprint density at radius 1 is 0.472 bits per heavy atom. The fraction of sp³-hybridized carbons (Fsp3) is 0.529. The van der Waals surface area contributed by atoms with Crippen molar-refractivity contribution in [1.82, 2.24) is 10.2 Å². The largest absolute Gasteiger partial charge is 0.155 e. The Kier molecular flexibility index (Phi) is 13.3. The average molecular weight is 485 g/mol. The molecule has 194 valence electrons. The Labute approximate surface area is 221 Å². The summed E-state index contributed by atoms with van der Waals surface area (Å²) in [5, 5.41) is 9.73. The van der Waals surface area contributed by atoms with Crippen LogP contribution in [0, 0.1) is 0 Å². The molecule has 0 fully saturated rings. The van der Waals surface area contributed by atoms with E-state index in [0.29, 0.717) is 0 Å². The number of hydrogen-bond acceptors (Lipinski definition) is 2. The Balaban J connectivity index is 1.82. The van der Waals surface area contributed by atoms with Gasteiger partial charge in [0.2, 0.25) is 0 Å². The first kappa shape index (κ1) is 28.1. The molecule has 3 rings (SSSR count). The van der Waals surface area contributed by atoms with Crippen molar-refractivity contribution in [2.24, 2.45) is 0 Å². The number of aryl methyl sites for hydroxylation is 1.